The highest BCUT2D eigenvalue weighted by molar-refractivity contribution is 7.88. The molecule has 1 N–H and O–H groups in total. The van der Waals surface area contributed by atoms with Crippen LogP contribution in [0.25, 0.3) is 0 Å². The number of sulfonamides is 1. The van der Waals surface area contributed by atoms with Crippen molar-refractivity contribution in [1.82, 2.24) is 9.62 Å². The first-order chi connectivity index (χ1) is 10.8. The predicted molar refractivity (Wildman–Crippen MR) is 91.4 cm³/mol. The van der Waals surface area contributed by atoms with Gasteiger partial charge in [0.25, 0.3) is 0 Å². The average molecular weight is 338 g/mol. The quantitative estimate of drug-likeness (QED) is 0.894. The highest BCUT2D eigenvalue weighted by atomic mass is 32.2. The Balaban J connectivity index is 1.89. The van der Waals surface area contributed by atoms with Gasteiger partial charge in [-0.25, -0.2) is 13.1 Å². The molecular weight excluding hydrogens is 312 g/mol. The summed E-state index contributed by atoms with van der Waals surface area (Å²) in [5.41, 5.74) is 1.85. The van der Waals surface area contributed by atoms with Crippen LogP contribution in [0.1, 0.15) is 37.8 Å². The molecule has 1 heterocycles. The van der Waals surface area contributed by atoms with Crippen LogP contribution < -0.4 is 4.72 Å². The first-order valence-corrected chi connectivity index (χ1v) is 9.76. The molecule has 1 amide bonds. The molecule has 0 atom stereocenters. The second-order valence-corrected chi connectivity index (χ2v) is 8.37. The number of likely N-dealkylation sites (tertiary alicyclic amines) is 1. The fourth-order valence-electron chi connectivity index (χ4n) is 2.90. The number of carbonyl (C=O) groups excluding carboxylic acids is 1. The number of amides is 1. The van der Waals surface area contributed by atoms with Gasteiger partial charge in [-0.15, -0.1) is 0 Å². The van der Waals surface area contributed by atoms with E-state index in [4.69, 9.17) is 0 Å². The Morgan fingerprint density at radius 1 is 1.30 bits per heavy atom. The predicted octanol–water partition coefficient (Wildman–Crippen LogP) is 2.06. The summed E-state index contributed by atoms with van der Waals surface area (Å²) < 4.78 is 27.4. The molecular formula is C17H26N2O3S. The molecule has 0 unspecified atom stereocenters. The number of rotatable bonds is 5. The van der Waals surface area contributed by atoms with E-state index < -0.39 is 10.0 Å². The SMILES string of the molecule is Cc1cccc(CS(=O)(=O)NC2CCN(C(=O)C(C)C)CC2)c1. The summed E-state index contributed by atoms with van der Waals surface area (Å²) in [5.74, 6) is 0.135. The molecule has 1 aromatic carbocycles. The van der Waals surface area contributed by atoms with Gasteiger partial charge in [-0.3, -0.25) is 4.79 Å². The number of benzene rings is 1. The van der Waals surface area contributed by atoms with Gasteiger partial charge in [0.1, 0.15) is 0 Å². The van der Waals surface area contributed by atoms with Crippen molar-refractivity contribution in [3.05, 3.63) is 35.4 Å². The molecule has 1 aliphatic heterocycles. The summed E-state index contributed by atoms with van der Waals surface area (Å²) in [6, 6.07) is 7.46. The van der Waals surface area contributed by atoms with Crippen molar-refractivity contribution in [1.29, 1.82) is 0 Å². The molecule has 1 aromatic rings. The van der Waals surface area contributed by atoms with E-state index in [0.29, 0.717) is 25.9 Å². The van der Waals surface area contributed by atoms with Crippen LogP contribution in [0, 0.1) is 12.8 Å². The number of hydrogen-bond acceptors (Lipinski definition) is 3. The van der Waals surface area contributed by atoms with E-state index in [9.17, 15) is 13.2 Å². The fourth-order valence-corrected chi connectivity index (χ4v) is 4.35. The number of piperidine rings is 1. The molecule has 0 radical (unpaired) electrons. The first-order valence-electron chi connectivity index (χ1n) is 8.11. The molecule has 0 aromatic heterocycles. The van der Waals surface area contributed by atoms with Crippen molar-refractivity contribution >= 4 is 15.9 Å². The van der Waals surface area contributed by atoms with Crippen LogP contribution in [0.3, 0.4) is 0 Å². The minimum atomic E-state index is -3.36. The van der Waals surface area contributed by atoms with Gasteiger partial charge in [0.2, 0.25) is 15.9 Å². The van der Waals surface area contributed by atoms with Crippen molar-refractivity contribution in [2.75, 3.05) is 13.1 Å². The molecule has 0 spiro atoms. The van der Waals surface area contributed by atoms with Crippen molar-refractivity contribution in [3.8, 4) is 0 Å². The summed E-state index contributed by atoms with van der Waals surface area (Å²) in [4.78, 5) is 13.8. The van der Waals surface area contributed by atoms with Gasteiger partial charge in [-0.05, 0) is 25.3 Å². The summed E-state index contributed by atoms with van der Waals surface area (Å²) in [5, 5.41) is 0. The minimum Gasteiger partial charge on any atom is -0.342 e. The zero-order valence-electron chi connectivity index (χ0n) is 14.1. The number of carbonyl (C=O) groups is 1. The summed E-state index contributed by atoms with van der Waals surface area (Å²) in [6.45, 7) is 6.96. The summed E-state index contributed by atoms with van der Waals surface area (Å²) in [6.07, 6.45) is 1.34. The van der Waals surface area contributed by atoms with Crippen LogP contribution >= 0.6 is 0 Å². The Bertz CT molecular complexity index is 648. The molecule has 0 aliphatic carbocycles. The van der Waals surface area contributed by atoms with Crippen LogP contribution in [0.2, 0.25) is 0 Å². The monoisotopic (exact) mass is 338 g/mol. The van der Waals surface area contributed by atoms with Crippen LogP contribution in [-0.4, -0.2) is 38.4 Å². The standard InChI is InChI=1S/C17H26N2O3S/c1-13(2)17(20)19-9-7-16(8-10-19)18-23(21,22)12-15-6-4-5-14(3)11-15/h4-6,11,13,16,18H,7-10,12H2,1-3H3. The molecule has 2 rings (SSSR count). The lowest BCUT2D eigenvalue weighted by Crippen LogP contribution is -2.47. The third-order valence-corrected chi connectivity index (χ3v) is 5.49. The second-order valence-electron chi connectivity index (χ2n) is 6.62. The average Bonchev–Trinajstić information content (AvgIpc) is 2.46. The molecule has 5 nitrogen and oxygen atoms in total. The summed E-state index contributed by atoms with van der Waals surface area (Å²) >= 11 is 0. The van der Waals surface area contributed by atoms with Crippen LogP contribution in [0.4, 0.5) is 0 Å². The highest BCUT2D eigenvalue weighted by Gasteiger charge is 2.26. The number of nitrogens with one attached hydrogen (secondary N) is 1. The molecule has 23 heavy (non-hydrogen) atoms. The Morgan fingerprint density at radius 2 is 1.96 bits per heavy atom. The third kappa shape index (κ3) is 5.32. The van der Waals surface area contributed by atoms with Gasteiger partial charge >= 0.3 is 0 Å². The third-order valence-electron chi connectivity index (χ3n) is 4.09. The molecule has 1 aliphatic rings. The van der Waals surface area contributed by atoms with Crippen molar-refractivity contribution in [2.45, 2.75) is 45.4 Å². The smallest absolute Gasteiger partial charge is 0.225 e. The van der Waals surface area contributed by atoms with E-state index >= 15 is 0 Å². The lowest BCUT2D eigenvalue weighted by atomic mass is 10.0. The topological polar surface area (TPSA) is 66.5 Å². The zero-order chi connectivity index (χ0) is 17.0. The molecule has 1 saturated heterocycles. The largest absolute Gasteiger partial charge is 0.342 e. The first kappa shape index (κ1) is 17.9. The van der Waals surface area contributed by atoms with Gasteiger partial charge in [0, 0.05) is 25.0 Å². The number of nitrogens with zero attached hydrogens (tertiary/aromatic N) is 1. The zero-order valence-corrected chi connectivity index (χ0v) is 14.9. The van der Waals surface area contributed by atoms with Gasteiger partial charge in [-0.1, -0.05) is 43.7 Å². The van der Waals surface area contributed by atoms with E-state index in [1.54, 1.807) is 0 Å². The normalized spacial score (nSPS) is 16.8. The van der Waals surface area contributed by atoms with E-state index in [2.05, 4.69) is 4.72 Å². The van der Waals surface area contributed by atoms with Crippen molar-refractivity contribution in [2.24, 2.45) is 5.92 Å². The van der Waals surface area contributed by atoms with Gasteiger partial charge < -0.3 is 4.90 Å². The molecule has 1 fully saturated rings. The van der Waals surface area contributed by atoms with E-state index in [0.717, 1.165) is 11.1 Å². The van der Waals surface area contributed by atoms with Crippen molar-refractivity contribution in [3.63, 3.8) is 0 Å². The van der Waals surface area contributed by atoms with Crippen LogP contribution in [-0.2, 0) is 20.6 Å². The Kier molecular flexibility index (Phi) is 5.81. The lowest BCUT2D eigenvalue weighted by Gasteiger charge is -2.33. The molecule has 128 valence electrons. The minimum absolute atomic E-state index is 0.000180. The fraction of sp³-hybridized carbons (Fsp3) is 0.588. The molecule has 6 heteroatoms. The second kappa shape index (κ2) is 7.45. The Hall–Kier alpha value is -1.40. The maximum atomic E-state index is 12.3. The van der Waals surface area contributed by atoms with Crippen LogP contribution in [0.15, 0.2) is 24.3 Å². The lowest BCUT2D eigenvalue weighted by molar-refractivity contribution is -0.135. The van der Waals surface area contributed by atoms with E-state index in [1.807, 2.05) is 49.9 Å². The maximum Gasteiger partial charge on any atom is 0.225 e. The molecule has 0 bridgehead atoms. The van der Waals surface area contributed by atoms with Gasteiger partial charge in [-0.2, -0.15) is 0 Å². The van der Waals surface area contributed by atoms with Gasteiger partial charge in [0.05, 0.1) is 5.75 Å². The van der Waals surface area contributed by atoms with E-state index in [-0.39, 0.29) is 23.6 Å². The Morgan fingerprint density at radius 3 is 2.52 bits per heavy atom. The summed E-state index contributed by atoms with van der Waals surface area (Å²) in [7, 11) is -3.36. The number of hydrogen-bond donors (Lipinski definition) is 1. The van der Waals surface area contributed by atoms with Crippen LogP contribution in [0.5, 0.6) is 0 Å². The molecule has 0 saturated carbocycles. The maximum absolute atomic E-state index is 12.3. The van der Waals surface area contributed by atoms with Crippen molar-refractivity contribution < 1.29 is 13.2 Å². The van der Waals surface area contributed by atoms with E-state index in [1.165, 1.54) is 0 Å². The highest BCUT2D eigenvalue weighted by Crippen LogP contribution is 2.15. The Labute approximate surface area is 139 Å². The number of aryl methyl sites for hydroxylation is 1. The van der Waals surface area contributed by atoms with Gasteiger partial charge in [0.15, 0.2) is 0 Å².